The van der Waals surface area contributed by atoms with Gasteiger partial charge in [-0.2, -0.15) is 0 Å². The third kappa shape index (κ3) is 4.15. The molecule has 0 saturated carbocycles. The summed E-state index contributed by atoms with van der Waals surface area (Å²) in [6, 6.07) is 9.82. The number of carbonyl (C=O) groups is 1. The zero-order chi connectivity index (χ0) is 17.6. The largest absolute Gasteiger partial charge is 0.338 e. The molecule has 130 valence electrons. The Morgan fingerprint density at radius 3 is 2.76 bits per heavy atom. The van der Waals surface area contributed by atoms with E-state index in [0.717, 1.165) is 29.6 Å². The van der Waals surface area contributed by atoms with E-state index in [1.54, 1.807) is 18.3 Å². The van der Waals surface area contributed by atoms with Gasteiger partial charge < -0.3 is 15.2 Å². The van der Waals surface area contributed by atoms with Crippen LogP contribution < -0.4 is 10.6 Å². The smallest absolute Gasteiger partial charge is 0.315 e. The number of nitrogens with one attached hydrogen (secondary N) is 2. The summed E-state index contributed by atoms with van der Waals surface area (Å²) in [6.07, 6.45) is 4.62. The second-order valence-corrected chi connectivity index (χ2v) is 5.80. The minimum absolute atomic E-state index is 0.235. The van der Waals surface area contributed by atoms with Crippen LogP contribution in [0.1, 0.15) is 18.1 Å². The topological polar surface area (TPSA) is 59.0 Å². The van der Waals surface area contributed by atoms with Crippen molar-refractivity contribution in [2.75, 3.05) is 6.54 Å². The molecule has 0 saturated heterocycles. The normalized spacial score (nSPS) is 10.8. The van der Waals surface area contributed by atoms with Gasteiger partial charge in [0.2, 0.25) is 0 Å². The number of pyridine rings is 1. The zero-order valence-electron chi connectivity index (χ0n) is 14.1. The molecule has 3 rings (SSSR count). The van der Waals surface area contributed by atoms with Crippen molar-refractivity contribution < 1.29 is 9.18 Å². The fraction of sp³-hybridized carbons (Fsp3) is 0.263. The highest BCUT2D eigenvalue weighted by Crippen LogP contribution is 2.19. The Balaban J connectivity index is 1.51. The lowest BCUT2D eigenvalue weighted by Crippen LogP contribution is -2.36. The van der Waals surface area contributed by atoms with Crippen LogP contribution in [-0.2, 0) is 19.5 Å². The van der Waals surface area contributed by atoms with Gasteiger partial charge in [-0.1, -0.05) is 12.1 Å². The molecule has 5 nitrogen and oxygen atoms in total. The Bertz CT molecular complexity index is 857. The Labute approximate surface area is 145 Å². The fourth-order valence-corrected chi connectivity index (χ4v) is 2.79. The van der Waals surface area contributed by atoms with E-state index in [2.05, 4.69) is 39.4 Å². The summed E-state index contributed by atoms with van der Waals surface area (Å²) in [5, 5.41) is 6.74. The summed E-state index contributed by atoms with van der Waals surface area (Å²) < 4.78 is 15.0. The lowest BCUT2D eigenvalue weighted by atomic mass is 10.1. The molecule has 0 atom stereocenters. The molecular weight excluding hydrogens is 319 g/mol. The Kier molecular flexibility index (Phi) is 5.28. The number of hydrogen-bond donors (Lipinski definition) is 2. The van der Waals surface area contributed by atoms with Crippen molar-refractivity contribution in [3.05, 3.63) is 65.7 Å². The highest BCUT2D eigenvalue weighted by molar-refractivity contribution is 5.80. The van der Waals surface area contributed by atoms with Crippen LogP contribution in [0.25, 0.3) is 11.0 Å². The summed E-state index contributed by atoms with van der Waals surface area (Å²) in [5.41, 5.74) is 3.00. The van der Waals surface area contributed by atoms with E-state index in [1.165, 1.54) is 17.7 Å². The van der Waals surface area contributed by atoms with Crippen LogP contribution in [-0.4, -0.2) is 22.1 Å². The first-order valence-corrected chi connectivity index (χ1v) is 8.36. The number of carbonyl (C=O) groups excluding carboxylic acids is 1. The molecule has 0 fully saturated rings. The van der Waals surface area contributed by atoms with E-state index in [1.807, 2.05) is 6.07 Å². The summed E-state index contributed by atoms with van der Waals surface area (Å²) in [5.74, 6) is -0.283. The van der Waals surface area contributed by atoms with Crippen molar-refractivity contribution in [1.29, 1.82) is 0 Å². The molecular formula is C19H21FN4O. The minimum Gasteiger partial charge on any atom is -0.338 e. The number of aromatic nitrogens is 2. The lowest BCUT2D eigenvalue weighted by Gasteiger charge is -2.07. The monoisotopic (exact) mass is 340 g/mol. The van der Waals surface area contributed by atoms with Crippen molar-refractivity contribution in [1.82, 2.24) is 20.2 Å². The minimum atomic E-state index is -0.283. The molecule has 2 aromatic heterocycles. The van der Waals surface area contributed by atoms with Crippen LogP contribution in [0.2, 0.25) is 0 Å². The van der Waals surface area contributed by atoms with Gasteiger partial charge in [-0.15, -0.1) is 0 Å². The van der Waals surface area contributed by atoms with E-state index in [9.17, 15) is 9.18 Å². The van der Waals surface area contributed by atoms with Crippen LogP contribution in [0, 0.1) is 5.82 Å². The first kappa shape index (κ1) is 17.0. The molecule has 1 aromatic carbocycles. The van der Waals surface area contributed by atoms with E-state index in [0.29, 0.717) is 13.1 Å². The van der Waals surface area contributed by atoms with Gasteiger partial charge >= 0.3 is 6.03 Å². The van der Waals surface area contributed by atoms with E-state index in [-0.39, 0.29) is 11.8 Å². The summed E-state index contributed by atoms with van der Waals surface area (Å²) in [4.78, 5) is 16.3. The Morgan fingerprint density at radius 1 is 1.20 bits per heavy atom. The van der Waals surface area contributed by atoms with Gasteiger partial charge in [-0.25, -0.2) is 14.2 Å². The predicted molar refractivity (Wildman–Crippen MR) is 95.7 cm³/mol. The van der Waals surface area contributed by atoms with Crippen LogP contribution in [0.15, 0.2) is 48.8 Å². The highest BCUT2D eigenvalue weighted by Gasteiger charge is 2.08. The number of hydrogen-bond acceptors (Lipinski definition) is 2. The number of urea groups is 1. The molecule has 0 bridgehead atoms. The van der Waals surface area contributed by atoms with Crippen molar-refractivity contribution >= 4 is 17.1 Å². The van der Waals surface area contributed by atoms with Crippen molar-refractivity contribution in [3.8, 4) is 0 Å². The molecule has 2 N–H and O–H groups in total. The van der Waals surface area contributed by atoms with Gasteiger partial charge in [0, 0.05) is 37.4 Å². The number of halogens is 1. The Hall–Kier alpha value is -2.89. The molecule has 0 unspecified atom stereocenters. The molecule has 25 heavy (non-hydrogen) atoms. The molecule has 6 heteroatoms. The lowest BCUT2D eigenvalue weighted by molar-refractivity contribution is 0.240. The molecule has 2 heterocycles. The van der Waals surface area contributed by atoms with E-state index in [4.69, 9.17) is 0 Å². The van der Waals surface area contributed by atoms with Gasteiger partial charge in [-0.05, 0) is 48.7 Å². The van der Waals surface area contributed by atoms with Gasteiger partial charge in [0.1, 0.15) is 11.5 Å². The van der Waals surface area contributed by atoms with Gasteiger partial charge in [0.25, 0.3) is 0 Å². The molecule has 0 spiro atoms. The molecule has 3 aromatic rings. The second kappa shape index (κ2) is 7.79. The summed E-state index contributed by atoms with van der Waals surface area (Å²) in [6.45, 7) is 3.84. The molecule has 0 radical (unpaired) electrons. The SMILES string of the molecule is CCn1cc(CCNC(=O)NCc2ccc(F)cc2)c2cccnc21. The third-order valence-electron chi connectivity index (χ3n) is 4.10. The summed E-state index contributed by atoms with van der Waals surface area (Å²) in [7, 11) is 0. The van der Waals surface area contributed by atoms with Crippen LogP contribution in [0.5, 0.6) is 0 Å². The number of amides is 2. The standard InChI is InChI=1S/C19H21FN4O/c1-2-24-13-15(17-4-3-10-21-18(17)24)9-11-22-19(25)23-12-14-5-7-16(20)8-6-14/h3-8,10,13H,2,9,11-12H2,1H3,(H2,22,23,25). The number of benzene rings is 1. The van der Waals surface area contributed by atoms with Crippen molar-refractivity contribution in [3.63, 3.8) is 0 Å². The first-order valence-electron chi connectivity index (χ1n) is 8.36. The fourth-order valence-electron chi connectivity index (χ4n) is 2.79. The van der Waals surface area contributed by atoms with Gasteiger partial charge in [0.15, 0.2) is 0 Å². The predicted octanol–water partition coefficient (Wildman–Crippen LogP) is 3.24. The van der Waals surface area contributed by atoms with Crippen LogP contribution >= 0.6 is 0 Å². The van der Waals surface area contributed by atoms with Gasteiger partial charge in [-0.3, -0.25) is 0 Å². The van der Waals surface area contributed by atoms with E-state index >= 15 is 0 Å². The highest BCUT2D eigenvalue weighted by atomic mass is 19.1. The third-order valence-corrected chi connectivity index (χ3v) is 4.10. The average Bonchev–Trinajstić information content (AvgIpc) is 2.99. The quantitative estimate of drug-likeness (QED) is 0.724. The van der Waals surface area contributed by atoms with Crippen LogP contribution in [0.4, 0.5) is 9.18 Å². The second-order valence-electron chi connectivity index (χ2n) is 5.80. The number of aryl methyl sites for hydroxylation is 1. The summed E-state index contributed by atoms with van der Waals surface area (Å²) >= 11 is 0. The average molecular weight is 340 g/mol. The maximum absolute atomic E-state index is 12.8. The Morgan fingerprint density at radius 2 is 2.00 bits per heavy atom. The number of nitrogens with zero attached hydrogens (tertiary/aromatic N) is 2. The molecule has 0 aliphatic heterocycles. The van der Waals surface area contributed by atoms with E-state index < -0.39 is 0 Å². The van der Waals surface area contributed by atoms with Gasteiger partial charge in [0.05, 0.1) is 0 Å². The number of fused-ring (bicyclic) bond motifs is 1. The van der Waals surface area contributed by atoms with Crippen molar-refractivity contribution in [2.45, 2.75) is 26.4 Å². The maximum Gasteiger partial charge on any atom is 0.315 e. The maximum atomic E-state index is 12.8. The van der Waals surface area contributed by atoms with Crippen LogP contribution in [0.3, 0.4) is 0 Å². The zero-order valence-corrected chi connectivity index (χ0v) is 14.1. The van der Waals surface area contributed by atoms with Crippen molar-refractivity contribution in [2.24, 2.45) is 0 Å². The molecule has 0 aliphatic carbocycles. The molecule has 2 amide bonds. The molecule has 0 aliphatic rings. The first-order chi connectivity index (χ1) is 12.2. The number of rotatable bonds is 6.